The smallest absolute Gasteiger partial charge is 0.444 e. The summed E-state index contributed by atoms with van der Waals surface area (Å²) in [5.74, 6) is 0. The summed E-state index contributed by atoms with van der Waals surface area (Å²) in [4.78, 5) is 22.7. The molecule has 2 N–H and O–H groups in total. The van der Waals surface area contributed by atoms with Crippen molar-refractivity contribution < 1.29 is 32.7 Å². The first kappa shape index (κ1) is 22.6. The molecule has 0 bridgehead atoms. The lowest BCUT2D eigenvalue weighted by Crippen LogP contribution is -2.34. The van der Waals surface area contributed by atoms with Gasteiger partial charge < -0.3 is 20.1 Å². The third-order valence-electron chi connectivity index (χ3n) is 1.93. The van der Waals surface area contributed by atoms with Crippen LogP contribution in [0.1, 0.15) is 41.5 Å². The molecule has 140 valence electrons. The number of amides is 2. The van der Waals surface area contributed by atoms with Gasteiger partial charge in [0.25, 0.3) is 0 Å². The minimum Gasteiger partial charge on any atom is -0.444 e. The Morgan fingerprint density at radius 1 is 0.792 bits per heavy atom. The topological polar surface area (TPSA) is 112 Å². The van der Waals surface area contributed by atoms with Crippen LogP contribution in [0.4, 0.5) is 9.59 Å². The second-order valence-corrected chi connectivity index (χ2v) is 7.71. The highest BCUT2D eigenvalue weighted by Gasteiger charge is 2.21. The van der Waals surface area contributed by atoms with E-state index >= 15 is 0 Å². The molecule has 0 radical (unpaired) electrons. The lowest BCUT2D eigenvalue weighted by molar-refractivity contribution is 0.0513. The summed E-state index contributed by atoms with van der Waals surface area (Å²) in [6.07, 6.45) is -1.16. The number of carbonyl (C=O) groups excluding carboxylic acids is 2. The summed E-state index contributed by atoms with van der Waals surface area (Å²) >= 11 is 0. The molecule has 24 heavy (non-hydrogen) atoms. The summed E-state index contributed by atoms with van der Waals surface area (Å²) in [6, 6.07) is 0. The third kappa shape index (κ3) is 15.5. The summed E-state index contributed by atoms with van der Waals surface area (Å²) in [5, 5.41) is 4.91. The van der Waals surface area contributed by atoms with E-state index in [4.69, 9.17) is 18.5 Å². The van der Waals surface area contributed by atoms with Crippen LogP contribution in [0, 0.1) is 0 Å². The van der Waals surface area contributed by atoms with Crippen molar-refractivity contribution in [2.24, 2.45) is 0 Å². The van der Waals surface area contributed by atoms with E-state index < -0.39 is 31.6 Å². The monoisotopic (exact) mass is 367 g/mol. The molecular formula is C14H28N2O7P+. The summed E-state index contributed by atoms with van der Waals surface area (Å²) in [7, 11) is -2.33. The molecule has 0 saturated heterocycles. The normalized spacial score (nSPS) is 11.6. The van der Waals surface area contributed by atoms with Gasteiger partial charge >= 0.3 is 20.4 Å². The first-order valence-corrected chi connectivity index (χ1v) is 8.65. The number of hydrogen-bond acceptors (Lipinski definition) is 7. The van der Waals surface area contributed by atoms with E-state index in [0.717, 1.165) is 0 Å². The second-order valence-electron chi connectivity index (χ2n) is 6.75. The lowest BCUT2D eigenvalue weighted by Gasteiger charge is -2.19. The molecule has 10 heteroatoms. The largest absolute Gasteiger partial charge is 0.697 e. The third-order valence-corrected chi connectivity index (χ3v) is 2.72. The fourth-order valence-corrected chi connectivity index (χ4v) is 1.77. The van der Waals surface area contributed by atoms with Gasteiger partial charge in [-0.2, -0.15) is 0 Å². The molecule has 0 unspecified atom stereocenters. The van der Waals surface area contributed by atoms with E-state index in [1.807, 2.05) is 0 Å². The van der Waals surface area contributed by atoms with E-state index in [-0.39, 0.29) is 26.3 Å². The molecule has 0 saturated carbocycles. The van der Waals surface area contributed by atoms with Gasteiger partial charge in [-0.1, -0.05) is 0 Å². The molecule has 2 amide bonds. The minimum absolute atomic E-state index is 0.00788. The molecule has 0 rings (SSSR count). The Labute approximate surface area is 143 Å². The number of rotatable bonds is 8. The standard InChI is InChI=1S/C14H27N2O7P/c1-13(2,3)22-11(17)15-7-9-20-24(19)21-10-8-16-12(18)23-14(4,5)6/h7-10H2,1-6H3,(H-,15,16,17,18)/p+1. The molecule has 0 aromatic heterocycles. The maximum absolute atomic E-state index is 11.4. The highest BCUT2D eigenvalue weighted by Crippen LogP contribution is 2.22. The SMILES string of the molecule is CC(C)(C)OC(=O)NCCO[P+](=O)OCCNC(=O)OC(C)(C)C. The van der Waals surface area contributed by atoms with Gasteiger partial charge in [-0.25, -0.2) is 9.59 Å². The highest BCUT2D eigenvalue weighted by atomic mass is 31.1. The molecule has 0 atom stereocenters. The van der Waals surface area contributed by atoms with Crippen molar-refractivity contribution in [1.82, 2.24) is 10.6 Å². The van der Waals surface area contributed by atoms with Crippen molar-refractivity contribution in [3.63, 3.8) is 0 Å². The first-order chi connectivity index (χ1) is 10.9. The van der Waals surface area contributed by atoms with Crippen LogP contribution in [0.2, 0.25) is 0 Å². The minimum atomic E-state index is -2.33. The number of hydrogen-bond donors (Lipinski definition) is 2. The molecule has 0 aliphatic heterocycles. The van der Waals surface area contributed by atoms with Gasteiger partial charge in [0.05, 0.1) is 0 Å². The quantitative estimate of drug-likeness (QED) is 0.501. The Morgan fingerprint density at radius 2 is 1.12 bits per heavy atom. The Hall–Kier alpha value is -1.44. The van der Waals surface area contributed by atoms with E-state index in [2.05, 4.69) is 10.6 Å². The van der Waals surface area contributed by atoms with Crippen LogP contribution in [-0.4, -0.2) is 49.7 Å². The van der Waals surface area contributed by atoms with Gasteiger partial charge in [0.2, 0.25) is 0 Å². The predicted molar refractivity (Wildman–Crippen MR) is 88.0 cm³/mol. The van der Waals surface area contributed by atoms with Crippen LogP contribution in [0.15, 0.2) is 0 Å². The predicted octanol–water partition coefficient (Wildman–Crippen LogP) is 2.73. The fourth-order valence-electron chi connectivity index (χ4n) is 1.21. The summed E-state index contributed by atoms with van der Waals surface area (Å²) in [6.45, 7) is 10.8. The Morgan fingerprint density at radius 3 is 1.42 bits per heavy atom. The zero-order chi connectivity index (χ0) is 18.8. The van der Waals surface area contributed by atoms with Crippen molar-refractivity contribution in [1.29, 1.82) is 0 Å². The number of alkyl carbamates (subject to hydrolysis) is 2. The van der Waals surface area contributed by atoms with E-state index in [1.165, 1.54) is 0 Å². The fraction of sp³-hybridized carbons (Fsp3) is 0.857. The van der Waals surface area contributed by atoms with Crippen LogP contribution in [-0.2, 0) is 23.1 Å². The van der Waals surface area contributed by atoms with E-state index in [9.17, 15) is 14.2 Å². The van der Waals surface area contributed by atoms with Crippen molar-refractivity contribution in [2.45, 2.75) is 52.7 Å². The van der Waals surface area contributed by atoms with E-state index in [0.29, 0.717) is 0 Å². The maximum Gasteiger partial charge on any atom is 0.697 e. The van der Waals surface area contributed by atoms with Crippen LogP contribution in [0.3, 0.4) is 0 Å². The molecule has 0 fully saturated rings. The molecule has 9 nitrogen and oxygen atoms in total. The Bertz CT molecular complexity index is 392. The van der Waals surface area contributed by atoms with Crippen molar-refractivity contribution in [3.8, 4) is 0 Å². The van der Waals surface area contributed by atoms with Crippen molar-refractivity contribution >= 4 is 20.4 Å². The molecule has 0 heterocycles. The Kier molecular flexibility index (Phi) is 9.80. The van der Waals surface area contributed by atoms with Crippen LogP contribution >= 0.6 is 8.25 Å². The van der Waals surface area contributed by atoms with Gasteiger partial charge in [0, 0.05) is 17.7 Å². The zero-order valence-corrected chi connectivity index (χ0v) is 16.0. The Balaban J connectivity index is 3.64. The molecule has 0 aliphatic carbocycles. The van der Waals surface area contributed by atoms with Gasteiger partial charge in [-0.05, 0) is 41.5 Å². The average molecular weight is 367 g/mol. The number of ether oxygens (including phenoxy) is 2. The molecule has 0 spiro atoms. The molecule has 0 aromatic carbocycles. The summed E-state index contributed by atoms with van der Waals surface area (Å²) in [5.41, 5.74) is -1.17. The molecule has 0 aromatic rings. The average Bonchev–Trinajstić information content (AvgIpc) is 2.35. The first-order valence-electron chi connectivity index (χ1n) is 7.56. The van der Waals surface area contributed by atoms with Crippen molar-refractivity contribution in [2.75, 3.05) is 26.3 Å². The van der Waals surface area contributed by atoms with Gasteiger partial charge in [-0.3, -0.25) is 0 Å². The van der Waals surface area contributed by atoms with Gasteiger partial charge in [0.1, 0.15) is 24.4 Å². The van der Waals surface area contributed by atoms with Gasteiger partial charge in [0.15, 0.2) is 0 Å². The van der Waals surface area contributed by atoms with Gasteiger partial charge in [-0.15, -0.1) is 9.05 Å². The van der Waals surface area contributed by atoms with Crippen LogP contribution in [0.25, 0.3) is 0 Å². The highest BCUT2D eigenvalue weighted by molar-refractivity contribution is 7.33. The number of carbonyl (C=O) groups is 2. The molecular weight excluding hydrogens is 339 g/mol. The van der Waals surface area contributed by atoms with Crippen molar-refractivity contribution in [3.05, 3.63) is 0 Å². The van der Waals surface area contributed by atoms with Crippen LogP contribution in [0.5, 0.6) is 0 Å². The molecule has 0 aliphatic rings. The van der Waals surface area contributed by atoms with Crippen LogP contribution < -0.4 is 10.6 Å². The number of nitrogens with one attached hydrogen (secondary N) is 2. The summed E-state index contributed by atoms with van der Waals surface area (Å²) < 4.78 is 31.2. The lowest BCUT2D eigenvalue weighted by atomic mass is 10.2. The second kappa shape index (κ2) is 10.4. The zero-order valence-electron chi connectivity index (χ0n) is 15.1. The van der Waals surface area contributed by atoms with E-state index in [1.54, 1.807) is 41.5 Å². The maximum atomic E-state index is 11.4.